The van der Waals surface area contributed by atoms with E-state index >= 15 is 0 Å². The average Bonchev–Trinajstić information content (AvgIpc) is 3.04. The smallest absolute Gasteiger partial charge is 0.417 e. The van der Waals surface area contributed by atoms with Crippen LogP contribution in [0.4, 0.5) is 13.2 Å². The van der Waals surface area contributed by atoms with Gasteiger partial charge in [0.1, 0.15) is 11.6 Å². The average molecular weight is 564 g/mol. The van der Waals surface area contributed by atoms with Crippen LogP contribution in [0.15, 0.2) is 22.6 Å². The van der Waals surface area contributed by atoms with Crippen molar-refractivity contribution in [2.24, 2.45) is 4.99 Å². The topological polar surface area (TPSA) is 71.4 Å². The van der Waals surface area contributed by atoms with Crippen molar-refractivity contribution in [3.63, 3.8) is 0 Å². The number of aromatic nitrogens is 2. The molecular formula is C17H22ClF3IN5OS. The van der Waals surface area contributed by atoms with E-state index in [0.29, 0.717) is 31.8 Å². The highest BCUT2D eigenvalue weighted by Gasteiger charge is 2.31. The van der Waals surface area contributed by atoms with E-state index in [9.17, 15) is 13.2 Å². The molecule has 2 aromatic rings. The predicted molar refractivity (Wildman–Crippen MR) is 120 cm³/mol. The molecule has 0 amide bonds. The maximum absolute atomic E-state index is 12.6. The summed E-state index contributed by atoms with van der Waals surface area (Å²) in [6.45, 7) is 5.71. The van der Waals surface area contributed by atoms with Crippen LogP contribution in [0.3, 0.4) is 0 Å². The number of nitrogens with zero attached hydrogens (tertiary/aromatic N) is 3. The van der Waals surface area contributed by atoms with Crippen LogP contribution in [0, 0.1) is 6.92 Å². The van der Waals surface area contributed by atoms with Gasteiger partial charge >= 0.3 is 6.18 Å². The number of nitrogens with one attached hydrogen (secondary N) is 2. The van der Waals surface area contributed by atoms with Gasteiger partial charge in [0.05, 0.1) is 22.8 Å². The van der Waals surface area contributed by atoms with Crippen molar-refractivity contribution in [2.45, 2.75) is 26.4 Å². The Labute approximate surface area is 193 Å². The fraction of sp³-hybridized carbons (Fsp3) is 0.471. The van der Waals surface area contributed by atoms with Gasteiger partial charge in [0.25, 0.3) is 0 Å². The predicted octanol–water partition coefficient (Wildman–Crippen LogP) is 4.31. The van der Waals surface area contributed by atoms with E-state index in [0.717, 1.165) is 23.2 Å². The summed E-state index contributed by atoms with van der Waals surface area (Å²) < 4.78 is 43.2. The first-order valence-corrected chi connectivity index (χ1v) is 9.84. The lowest BCUT2D eigenvalue weighted by Gasteiger charge is -2.13. The molecule has 0 radical (unpaired) electrons. The molecule has 0 unspecified atom stereocenters. The number of aliphatic imine (C=N–C) groups is 1. The second-order valence-electron chi connectivity index (χ2n) is 5.65. The Kier molecular flexibility index (Phi) is 11.0. The zero-order valence-corrected chi connectivity index (χ0v) is 19.7. The molecule has 0 aliphatic rings. The van der Waals surface area contributed by atoms with Gasteiger partial charge in [-0.05, 0) is 19.9 Å². The number of halogens is 5. The third-order valence-electron chi connectivity index (χ3n) is 3.42. The minimum absolute atomic E-state index is 0. The molecule has 2 aromatic heterocycles. The molecule has 12 heteroatoms. The molecule has 0 saturated heterocycles. The maximum atomic E-state index is 12.6. The molecule has 2 rings (SSSR count). The summed E-state index contributed by atoms with van der Waals surface area (Å²) >= 11 is 7.41. The Morgan fingerprint density at radius 1 is 1.34 bits per heavy atom. The molecule has 162 valence electrons. The van der Waals surface area contributed by atoms with E-state index in [1.807, 2.05) is 19.2 Å². The Hall–Kier alpha value is -1.34. The fourth-order valence-electron chi connectivity index (χ4n) is 2.15. The highest BCUT2D eigenvalue weighted by atomic mass is 127. The molecule has 0 bridgehead atoms. The minimum Gasteiger partial charge on any atom is -0.475 e. The van der Waals surface area contributed by atoms with Gasteiger partial charge in [-0.3, -0.25) is 4.99 Å². The lowest BCUT2D eigenvalue weighted by atomic mass is 10.3. The monoisotopic (exact) mass is 563 g/mol. The van der Waals surface area contributed by atoms with Crippen molar-refractivity contribution in [1.82, 2.24) is 20.6 Å². The normalized spacial score (nSPS) is 11.7. The molecule has 6 nitrogen and oxygen atoms in total. The summed E-state index contributed by atoms with van der Waals surface area (Å²) in [5, 5.41) is 9.04. The third kappa shape index (κ3) is 8.91. The number of ether oxygens (including phenoxy) is 1. The molecule has 0 aliphatic heterocycles. The Morgan fingerprint density at radius 3 is 2.69 bits per heavy atom. The summed E-state index contributed by atoms with van der Waals surface area (Å²) in [7, 11) is 0. The number of alkyl halides is 3. The summed E-state index contributed by atoms with van der Waals surface area (Å²) in [5.74, 6) is 0.571. The van der Waals surface area contributed by atoms with Crippen LogP contribution in [-0.2, 0) is 12.6 Å². The lowest BCUT2D eigenvalue weighted by molar-refractivity contribution is -0.137. The Bertz CT molecular complexity index is 804. The molecule has 0 aliphatic carbocycles. The molecule has 2 N–H and O–H groups in total. The summed E-state index contributed by atoms with van der Waals surface area (Å²) in [4.78, 5) is 12.5. The van der Waals surface area contributed by atoms with Crippen LogP contribution < -0.4 is 15.4 Å². The van der Waals surface area contributed by atoms with Crippen molar-refractivity contribution in [3.8, 4) is 5.88 Å². The van der Waals surface area contributed by atoms with Gasteiger partial charge in [0.2, 0.25) is 5.88 Å². The Morgan fingerprint density at radius 2 is 2.10 bits per heavy atom. The fourth-order valence-corrected chi connectivity index (χ4v) is 3.02. The Balaban J connectivity index is 0.00000420. The van der Waals surface area contributed by atoms with Gasteiger partial charge in [-0.1, -0.05) is 11.6 Å². The first kappa shape index (κ1) is 25.7. The number of thiazole rings is 1. The standard InChI is InChI=1S/C17H21ClF3N5OS.HI/c1-3-22-16(23-5-4-13-10-28-11(2)26-13)24-6-7-27-15-14(18)8-12(9-25-15)17(19,20)21;/h8-10H,3-7H2,1-2H3,(H2,22,23,24);1H. The van der Waals surface area contributed by atoms with Crippen molar-refractivity contribution >= 4 is 52.9 Å². The van der Waals surface area contributed by atoms with E-state index in [4.69, 9.17) is 16.3 Å². The number of hydrogen-bond donors (Lipinski definition) is 2. The van der Waals surface area contributed by atoms with Gasteiger partial charge < -0.3 is 15.4 Å². The first-order chi connectivity index (χ1) is 13.3. The van der Waals surface area contributed by atoms with Gasteiger partial charge in [0, 0.05) is 31.1 Å². The van der Waals surface area contributed by atoms with Crippen molar-refractivity contribution in [3.05, 3.63) is 38.9 Å². The van der Waals surface area contributed by atoms with Crippen LogP contribution >= 0.6 is 46.9 Å². The zero-order valence-electron chi connectivity index (χ0n) is 15.8. The van der Waals surface area contributed by atoms with Crippen molar-refractivity contribution in [2.75, 3.05) is 26.2 Å². The van der Waals surface area contributed by atoms with E-state index in [-0.39, 0.29) is 41.5 Å². The number of rotatable bonds is 8. The summed E-state index contributed by atoms with van der Waals surface area (Å²) in [5.41, 5.74) is 0.0910. The van der Waals surface area contributed by atoms with Gasteiger partial charge in [0.15, 0.2) is 5.96 Å². The minimum atomic E-state index is -4.49. The third-order valence-corrected chi connectivity index (χ3v) is 4.51. The van der Waals surface area contributed by atoms with Crippen LogP contribution in [0.5, 0.6) is 5.88 Å². The highest BCUT2D eigenvalue weighted by Crippen LogP contribution is 2.32. The highest BCUT2D eigenvalue weighted by molar-refractivity contribution is 14.0. The number of aryl methyl sites for hydroxylation is 1. The molecule has 2 heterocycles. The van der Waals surface area contributed by atoms with E-state index in [1.165, 1.54) is 0 Å². The SMILES string of the molecule is CCNC(=NCCc1csc(C)n1)NCCOc1ncc(C(F)(F)F)cc1Cl.I. The maximum Gasteiger partial charge on any atom is 0.417 e. The van der Waals surface area contributed by atoms with Gasteiger partial charge in [-0.2, -0.15) is 13.2 Å². The van der Waals surface area contributed by atoms with E-state index < -0.39 is 11.7 Å². The number of hydrogen-bond acceptors (Lipinski definition) is 5. The first-order valence-electron chi connectivity index (χ1n) is 8.58. The lowest BCUT2D eigenvalue weighted by Crippen LogP contribution is -2.39. The molecular weight excluding hydrogens is 542 g/mol. The largest absolute Gasteiger partial charge is 0.475 e. The van der Waals surface area contributed by atoms with Gasteiger partial charge in [-0.15, -0.1) is 35.3 Å². The van der Waals surface area contributed by atoms with Crippen LogP contribution in [0.25, 0.3) is 0 Å². The quantitative estimate of drug-likeness (QED) is 0.217. The van der Waals surface area contributed by atoms with Crippen LogP contribution in [0.2, 0.25) is 5.02 Å². The van der Waals surface area contributed by atoms with Crippen molar-refractivity contribution in [1.29, 1.82) is 0 Å². The van der Waals surface area contributed by atoms with E-state index in [1.54, 1.807) is 11.3 Å². The van der Waals surface area contributed by atoms with Crippen molar-refractivity contribution < 1.29 is 17.9 Å². The molecule has 0 atom stereocenters. The van der Waals surface area contributed by atoms with Gasteiger partial charge in [-0.25, -0.2) is 9.97 Å². The molecule has 0 fully saturated rings. The number of pyridine rings is 1. The summed E-state index contributed by atoms with van der Waals surface area (Å²) in [6, 6.07) is 0.795. The molecule has 0 spiro atoms. The van der Waals surface area contributed by atoms with Crippen LogP contribution in [0.1, 0.15) is 23.2 Å². The zero-order chi connectivity index (χ0) is 20.6. The summed E-state index contributed by atoms with van der Waals surface area (Å²) in [6.07, 6.45) is -3.06. The molecule has 29 heavy (non-hydrogen) atoms. The second-order valence-corrected chi connectivity index (χ2v) is 7.12. The molecule has 0 saturated carbocycles. The molecule has 0 aromatic carbocycles. The number of guanidine groups is 1. The van der Waals surface area contributed by atoms with Crippen LogP contribution in [-0.4, -0.2) is 42.2 Å². The van der Waals surface area contributed by atoms with E-state index in [2.05, 4.69) is 25.6 Å². The second kappa shape index (κ2) is 12.4.